The molecule has 0 aliphatic carbocycles. The van der Waals surface area contributed by atoms with Crippen molar-refractivity contribution in [2.75, 3.05) is 19.7 Å². The maximum atomic E-state index is 12.9. The van der Waals surface area contributed by atoms with Gasteiger partial charge in [-0.15, -0.1) is 10.2 Å². The normalized spacial score (nSPS) is 15.2. The van der Waals surface area contributed by atoms with Crippen LogP contribution in [0.4, 0.5) is 0 Å². The zero-order chi connectivity index (χ0) is 24.1. The van der Waals surface area contributed by atoms with E-state index in [4.69, 9.17) is 9.15 Å². The highest BCUT2D eigenvalue weighted by molar-refractivity contribution is 7.89. The Kier molecular flexibility index (Phi) is 7.28. The van der Waals surface area contributed by atoms with Crippen molar-refractivity contribution in [3.05, 3.63) is 60.0 Å². The molecule has 1 aliphatic rings. The van der Waals surface area contributed by atoms with Crippen molar-refractivity contribution in [2.24, 2.45) is 5.92 Å². The highest BCUT2D eigenvalue weighted by Crippen LogP contribution is 2.26. The molecule has 3 aromatic rings. The second-order valence-corrected chi connectivity index (χ2v) is 10.2. The third-order valence-electron chi connectivity index (χ3n) is 5.81. The van der Waals surface area contributed by atoms with Gasteiger partial charge in [-0.2, -0.15) is 4.31 Å². The molecule has 0 bridgehead atoms. The molecular weight excluding hydrogens is 456 g/mol. The minimum absolute atomic E-state index is 0.135. The molecule has 0 atom stereocenters. The third kappa shape index (κ3) is 5.28. The minimum Gasteiger partial charge on any atom is -0.494 e. The highest BCUT2D eigenvalue weighted by atomic mass is 32.2. The van der Waals surface area contributed by atoms with Gasteiger partial charge in [0, 0.05) is 30.8 Å². The fourth-order valence-corrected chi connectivity index (χ4v) is 5.24. The van der Waals surface area contributed by atoms with Crippen LogP contribution in [0.2, 0.25) is 0 Å². The molecule has 1 aliphatic heterocycles. The number of piperidine rings is 1. The van der Waals surface area contributed by atoms with E-state index in [1.807, 2.05) is 31.2 Å². The van der Waals surface area contributed by atoms with E-state index < -0.39 is 15.9 Å². The molecule has 1 amide bonds. The molecule has 9 nitrogen and oxygen atoms in total. The topological polar surface area (TPSA) is 115 Å². The Morgan fingerprint density at radius 1 is 1.12 bits per heavy atom. The van der Waals surface area contributed by atoms with Gasteiger partial charge in [0.1, 0.15) is 5.75 Å². The number of rotatable bonds is 8. The molecule has 2 heterocycles. The number of sulfonamides is 1. The van der Waals surface area contributed by atoms with Crippen molar-refractivity contribution >= 4 is 15.9 Å². The SMILES string of the molecule is CCOc1ccccc1CNC(=O)c1nnc(-c2ccc(S(=O)(=O)N3CCC(C)CC3)cc2)o1. The van der Waals surface area contributed by atoms with Gasteiger partial charge in [0.2, 0.25) is 15.9 Å². The summed E-state index contributed by atoms with van der Waals surface area (Å²) in [6.45, 7) is 5.86. The Labute approximate surface area is 199 Å². The van der Waals surface area contributed by atoms with E-state index in [1.54, 1.807) is 12.1 Å². The maximum Gasteiger partial charge on any atom is 0.309 e. The van der Waals surface area contributed by atoms with Crippen LogP contribution in [0.1, 0.15) is 42.9 Å². The highest BCUT2D eigenvalue weighted by Gasteiger charge is 2.28. The summed E-state index contributed by atoms with van der Waals surface area (Å²) in [6, 6.07) is 13.7. The molecule has 0 radical (unpaired) electrons. The Hall–Kier alpha value is -3.24. The van der Waals surface area contributed by atoms with E-state index in [0.29, 0.717) is 36.9 Å². The Morgan fingerprint density at radius 3 is 2.53 bits per heavy atom. The quantitative estimate of drug-likeness (QED) is 0.520. The molecule has 1 fully saturated rings. The van der Waals surface area contributed by atoms with Gasteiger partial charge in [-0.05, 0) is 56.0 Å². The predicted molar refractivity (Wildman–Crippen MR) is 126 cm³/mol. The number of para-hydroxylation sites is 1. The minimum atomic E-state index is -3.54. The Bertz CT molecular complexity index is 1230. The van der Waals surface area contributed by atoms with Crippen molar-refractivity contribution < 1.29 is 22.4 Å². The molecule has 1 aromatic heterocycles. The smallest absolute Gasteiger partial charge is 0.309 e. The molecule has 0 spiro atoms. The Morgan fingerprint density at radius 2 is 1.82 bits per heavy atom. The van der Waals surface area contributed by atoms with Crippen LogP contribution in [0.25, 0.3) is 11.5 Å². The van der Waals surface area contributed by atoms with Crippen LogP contribution < -0.4 is 10.1 Å². The molecule has 0 saturated carbocycles. The second kappa shape index (κ2) is 10.4. The van der Waals surface area contributed by atoms with Gasteiger partial charge in [-0.1, -0.05) is 25.1 Å². The molecule has 1 N–H and O–H groups in total. The van der Waals surface area contributed by atoms with Gasteiger partial charge >= 0.3 is 11.8 Å². The number of hydrogen-bond acceptors (Lipinski definition) is 7. The van der Waals surface area contributed by atoms with Crippen LogP contribution >= 0.6 is 0 Å². The van der Waals surface area contributed by atoms with Crippen molar-refractivity contribution in [3.8, 4) is 17.2 Å². The average molecular weight is 485 g/mol. The summed E-state index contributed by atoms with van der Waals surface area (Å²) in [6.07, 6.45) is 1.72. The van der Waals surface area contributed by atoms with Crippen LogP contribution in [-0.2, 0) is 16.6 Å². The maximum absolute atomic E-state index is 12.9. The summed E-state index contributed by atoms with van der Waals surface area (Å²) >= 11 is 0. The number of carbonyl (C=O) groups is 1. The number of ether oxygens (including phenoxy) is 1. The van der Waals surface area contributed by atoms with Crippen LogP contribution in [0.5, 0.6) is 5.75 Å². The summed E-state index contributed by atoms with van der Waals surface area (Å²) in [5, 5.41) is 10.5. The second-order valence-electron chi connectivity index (χ2n) is 8.25. The number of aromatic nitrogens is 2. The first-order valence-electron chi connectivity index (χ1n) is 11.3. The molecule has 4 rings (SSSR count). The lowest BCUT2D eigenvalue weighted by Gasteiger charge is -2.29. The summed E-state index contributed by atoms with van der Waals surface area (Å²) in [5.74, 6) is 0.685. The van der Waals surface area contributed by atoms with Gasteiger partial charge in [-0.25, -0.2) is 8.42 Å². The lowest BCUT2D eigenvalue weighted by Crippen LogP contribution is -2.37. The van der Waals surface area contributed by atoms with Crippen LogP contribution in [0.15, 0.2) is 57.8 Å². The van der Waals surface area contributed by atoms with E-state index in [-0.39, 0.29) is 23.2 Å². The molecule has 1 saturated heterocycles. The molecule has 180 valence electrons. The van der Waals surface area contributed by atoms with E-state index in [0.717, 1.165) is 18.4 Å². The number of hydrogen-bond donors (Lipinski definition) is 1. The van der Waals surface area contributed by atoms with Gasteiger partial charge in [0.05, 0.1) is 11.5 Å². The summed E-state index contributed by atoms with van der Waals surface area (Å²) in [4.78, 5) is 12.7. The van der Waals surface area contributed by atoms with Crippen LogP contribution in [0, 0.1) is 5.92 Å². The van der Waals surface area contributed by atoms with Gasteiger partial charge < -0.3 is 14.5 Å². The molecule has 2 aromatic carbocycles. The van der Waals surface area contributed by atoms with Gasteiger partial charge in [-0.3, -0.25) is 4.79 Å². The monoisotopic (exact) mass is 484 g/mol. The number of nitrogens with one attached hydrogen (secondary N) is 1. The van der Waals surface area contributed by atoms with Crippen molar-refractivity contribution in [1.82, 2.24) is 19.8 Å². The molecule has 34 heavy (non-hydrogen) atoms. The van der Waals surface area contributed by atoms with Crippen molar-refractivity contribution in [3.63, 3.8) is 0 Å². The molecular formula is C24H28N4O5S. The number of carbonyl (C=O) groups excluding carboxylic acids is 1. The number of nitrogens with zero attached hydrogens (tertiary/aromatic N) is 3. The largest absolute Gasteiger partial charge is 0.494 e. The summed E-state index contributed by atoms with van der Waals surface area (Å²) in [7, 11) is -3.54. The van der Waals surface area contributed by atoms with Gasteiger partial charge in [0.25, 0.3) is 0 Å². The summed E-state index contributed by atoms with van der Waals surface area (Å²) < 4.78 is 38.4. The van der Waals surface area contributed by atoms with Crippen molar-refractivity contribution in [1.29, 1.82) is 0 Å². The lowest BCUT2D eigenvalue weighted by atomic mass is 10.0. The zero-order valence-corrected chi connectivity index (χ0v) is 20.0. The van der Waals surface area contributed by atoms with Crippen LogP contribution in [0.3, 0.4) is 0 Å². The third-order valence-corrected chi connectivity index (χ3v) is 7.73. The first kappa shape index (κ1) is 23.9. The van der Waals surface area contributed by atoms with Gasteiger partial charge in [0.15, 0.2) is 0 Å². The summed E-state index contributed by atoms with van der Waals surface area (Å²) in [5.41, 5.74) is 1.36. The predicted octanol–water partition coefficient (Wildman–Crippen LogP) is 3.49. The first-order valence-corrected chi connectivity index (χ1v) is 12.8. The van der Waals surface area contributed by atoms with E-state index >= 15 is 0 Å². The zero-order valence-electron chi connectivity index (χ0n) is 19.2. The molecule has 0 unspecified atom stereocenters. The number of amides is 1. The average Bonchev–Trinajstić information content (AvgIpc) is 3.34. The molecule has 10 heteroatoms. The van der Waals surface area contributed by atoms with E-state index in [9.17, 15) is 13.2 Å². The van der Waals surface area contributed by atoms with E-state index in [2.05, 4.69) is 22.4 Å². The van der Waals surface area contributed by atoms with Crippen LogP contribution in [-0.4, -0.2) is 48.5 Å². The lowest BCUT2D eigenvalue weighted by molar-refractivity contribution is 0.0916. The fraction of sp³-hybridized carbons (Fsp3) is 0.375. The first-order chi connectivity index (χ1) is 16.4. The Balaban J connectivity index is 1.41. The standard InChI is InChI=1S/C24H28N4O5S/c1-3-32-21-7-5-4-6-19(21)16-25-22(29)24-27-26-23(33-24)18-8-10-20(11-9-18)34(30,31)28-14-12-17(2)13-15-28/h4-11,17H,3,12-16H2,1-2H3,(H,25,29). The van der Waals surface area contributed by atoms with Crippen molar-refractivity contribution in [2.45, 2.75) is 38.1 Å². The fourth-order valence-electron chi connectivity index (χ4n) is 3.77. The number of benzene rings is 2. The van der Waals surface area contributed by atoms with E-state index in [1.165, 1.54) is 16.4 Å².